The summed E-state index contributed by atoms with van der Waals surface area (Å²) in [5.74, 6) is -0.675. The molecular weight excluding hydrogens is 240 g/mol. The zero-order valence-electron chi connectivity index (χ0n) is 9.87. The van der Waals surface area contributed by atoms with Crippen LogP contribution < -0.4 is 10.2 Å². The highest BCUT2D eigenvalue weighted by Crippen LogP contribution is 2.13. The summed E-state index contributed by atoms with van der Waals surface area (Å²) in [5, 5.41) is 2.43. The van der Waals surface area contributed by atoms with Crippen LogP contribution in [0.3, 0.4) is 0 Å². The molecule has 0 aliphatic rings. The van der Waals surface area contributed by atoms with E-state index in [0.717, 1.165) is 11.3 Å². The number of alkyl halides is 1. The Hall–Kier alpha value is -1.55. The smallest absolute Gasteiger partial charge is 0.246 e. The van der Waals surface area contributed by atoms with E-state index >= 15 is 0 Å². The zero-order valence-corrected chi connectivity index (χ0v) is 10.6. The van der Waals surface area contributed by atoms with Crippen molar-refractivity contribution in [2.75, 3.05) is 24.4 Å². The van der Waals surface area contributed by atoms with Crippen LogP contribution in [-0.2, 0) is 9.59 Å². The first-order valence-electron chi connectivity index (χ1n) is 5.20. The van der Waals surface area contributed by atoms with Crippen LogP contribution in [0.5, 0.6) is 0 Å². The number of benzene rings is 1. The minimum absolute atomic E-state index is 0.0457. The monoisotopic (exact) mass is 254 g/mol. The molecule has 0 saturated heterocycles. The third kappa shape index (κ3) is 4.07. The van der Waals surface area contributed by atoms with Gasteiger partial charge in [0.05, 0.1) is 6.54 Å². The van der Waals surface area contributed by atoms with Gasteiger partial charge in [-0.3, -0.25) is 9.59 Å². The highest BCUT2D eigenvalue weighted by atomic mass is 35.5. The van der Waals surface area contributed by atoms with E-state index in [-0.39, 0.29) is 24.2 Å². The Kier molecular flexibility index (Phi) is 4.97. The molecule has 0 atom stereocenters. The minimum atomic E-state index is -0.350. The Morgan fingerprint density at radius 3 is 2.41 bits per heavy atom. The van der Waals surface area contributed by atoms with Crippen LogP contribution in [0.25, 0.3) is 0 Å². The van der Waals surface area contributed by atoms with Gasteiger partial charge in [0.15, 0.2) is 0 Å². The summed E-state index contributed by atoms with van der Waals surface area (Å²) in [6, 6.07) is 7.57. The molecule has 0 saturated carbocycles. The number of halogens is 1. The van der Waals surface area contributed by atoms with E-state index < -0.39 is 0 Å². The maximum atomic E-state index is 11.7. The molecule has 1 rings (SSSR count). The van der Waals surface area contributed by atoms with Gasteiger partial charge in [-0.1, -0.05) is 17.7 Å². The fourth-order valence-corrected chi connectivity index (χ4v) is 1.35. The van der Waals surface area contributed by atoms with Crippen molar-refractivity contribution in [3.8, 4) is 0 Å². The van der Waals surface area contributed by atoms with Crippen LogP contribution in [0, 0.1) is 6.92 Å². The van der Waals surface area contributed by atoms with Crippen molar-refractivity contribution in [2.24, 2.45) is 0 Å². The lowest BCUT2D eigenvalue weighted by Crippen LogP contribution is -2.38. The van der Waals surface area contributed by atoms with E-state index in [4.69, 9.17) is 11.6 Å². The fraction of sp³-hybridized carbons (Fsp3) is 0.333. The van der Waals surface area contributed by atoms with E-state index in [0.29, 0.717) is 0 Å². The molecule has 4 nitrogen and oxygen atoms in total. The average molecular weight is 255 g/mol. The van der Waals surface area contributed by atoms with Crippen molar-refractivity contribution in [1.82, 2.24) is 5.32 Å². The SMILES string of the molecule is Cc1ccc(N(C)C(=O)CNC(=O)CCl)cc1. The van der Waals surface area contributed by atoms with Gasteiger partial charge in [-0.15, -0.1) is 11.6 Å². The van der Waals surface area contributed by atoms with Crippen molar-refractivity contribution in [1.29, 1.82) is 0 Å². The molecule has 0 aliphatic carbocycles. The maximum absolute atomic E-state index is 11.7. The Balaban J connectivity index is 2.57. The molecule has 0 unspecified atom stereocenters. The lowest BCUT2D eigenvalue weighted by atomic mass is 10.2. The minimum Gasteiger partial charge on any atom is -0.346 e. The lowest BCUT2D eigenvalue weighted by Gasteiger charge is -2.17. The summed E-state index contributed by atoms with van der Waals surface area (Å²) in [5.41, 5.74) is 1.92. The fourth-order valence-electron chi connectivity index (χ4n) is 1.25. The number of hydrogen-bond acceptors (Lipinski definition) is 2. The standard InChI is InChI=1S/C12H15ClN2O2/c1-9-3-5-10(6-4-9)15(2)12(17)8-14-11(16)7-13/h3-6H,7-8H2,1-2H3,(H,14,16). The van der Waals surface area contributed by atoms with Gasteiger partial charge in [0.25, 0.3) is 0 Å². The molecule has 2 amide bonds. The summed E-state index contributed by atoms with van der Waals surface area (Å²) < 4.78 is 0. The second-order valence-corrected chi connectivity index (χ2v) is 3.97. The highest BCUT2D eigenvalue weighted by Gasteiger charge is 2.11. The highest BCUT2D eigenvalue weighted by molar-refractivity contribution is 6.27. The molecule has 92 valence electrons. The molecule has 0 spiro atoms. The Morgan fingerprint density at radius 1 is 1.29 bits per heavy atom. The normalized spacial score (nSPS) is 9.82. The van der Waals surface area contributed by atoms with Gasteiger partial charge >= 0.3 is 0 Å². The Labute approximate surface area is 106 Å². The first kappa shape index (κ1) is 13.5. The topological polar surface area (TPSA) is 49.4 Å². The van der Waals surface area contributed by atoms with Crippen molar-refractivity contribution in [3.63, 3.8) is 0 Å². The molecule has 0 aromatic heterocycles. The summed E-state index contributed by atoms with van der Waals surface area (Å²) in [6.45, 7) is 1.93. The number of carbonyl (C=O) groups is 2. The summed E-state index contributed by atoms with van der Waals surface area (Å²) in [6.07, 6.45) is 0. The number of anilines is 1. The molecule has 0 aliphatic heterocycles. The number of aryl methyl sites for hydroxylation is 1. The molecule has 0 radical (unpaired) electrons. The van der Waals surface area contributed by atoms with E-state index in [1.54, 1.807) is 7.05 Å². The van der Waals surface area contributed by atoms with Crippen LogP contribution >= 0.6 is 11.6 Å². The second kappa shape index (κ2) is 6.25. The first-order valence-corrected chi connectivity index (χ1v) is 5.74. The molecule has 17 heavy (non-hydrogen) atoms. The third-order valence-corrected chi connectivity index (χ3v) is 2.60. The summed E-state index contributed by atoms with van der Waals surface area (Å²) in [7, 11) is 1.67. The van der Waals surface area contributed by atoms with Gasteiger partial charge < -0.3 is 10.2 Å². The predicted octanol–water partition coefficient (Wildman–Crippen LogP) is 1.31. The largest absolute Gasteiger partial charge is 0.346 e. The van der Waals surface area contributed by atoms with Gasteiger partial charge in [0, 0.05) is 12.7 Å². The maximum Gasteiger partial charge on any atom is 0.246 e. The predicted molar refractivity (Wildman–Crippen MR) is 68.3 cm³/mol. The average Bonchev–Trinajstić information content (AvgIpc) is 2.35. The molecule has 5 heteroatoms. The lowest BCUT2D eigenvalue weighted by molar-refractivity contribution is -0.123. The Morgan fingerprint density at radius 2 is 1.88 bits per heavy atom. The van der Waals surface area contributed by atoms with E-state index in [9.17, 15) is 9.59 Å². The van der Waals surface area contributed by atoms with E-state index in [1.165, 1.54) is 4.90 Å². The van der Waals surface area contributed by atoms with Gasteiger partial charge in [0.2, 0.25) is 11.8 Å². The number of likely N-dealkylation sites (N-methyl/N-ethyl adjacent to an activating group) is 1. The number of nitrogens with zero attached hydrogens (tertiary/aromatic N) is 1. The van der Waals surface area contributed by atoms with E-state index in [1.807, 2.05) is 31.2 Å². The number of nitrogens with one attached hydrogen (secondary N) is 1. The van der Waals surface area contributed by atoms with Crippen molar-refractivity contribution >= 4 is 29.1 Å². The molecule has 1 aromatic rings. The Bertz CT molecular complexity index is 403. The van der Waals surface area contributed by atoms with Crippen molar-refractivity contribution in [3.05, 3.63) is 29.8 Å². The van der Waals surface area contributed by atoms with Gasteiger partial charge in [0.1, 0.15) is 5.88 Å². The quantitative estimate of drug-likeness (QED) is 0.824. The van der Waals surface area contributed by atoms with Gasteiger partial charge in [-0.05, 0) is 19.1 Å². The number of amides is 2. The van der Waals surface area contributed by atoms with Crippen LogP contribution in [0.2, 0.25) is 0 Å². The summed E-state index contributed by atoms with van der Waals surface area (Å²) >= 11 is 5.31. The van der Waals surface area contributed by atoms with E-state index in [2.05, 4.69) is 5.32 Å². The molecular formula is C12H15ClN2O2. The van der Waals surface area contributed by atoms with Crippen LogP contribution in [-0.4, -0.2) is 31.3 Å². The summed E-state index contributed by atoms with van der Waals surface area (Å²) in [4.78, 5) is 24.1. The van der Waals surface area contributed by atoms with Crippen LogP contribution in [0.15, 0.2) is 24.3 Å². The number of carbonyl (C=O) groups excluding carboxylic acids is 2. The molecule has 1 aromatic carbocycles. The molecule has 0 fully saturated rings. The molecule has 1 N–H and O–H groups in total. The van der Waals surface area contributed by atoms with Crippen LogP contribution in [0.1, 0.15) is 5.56 Å². The number of rotatable bonds is 4. The number of hydrogen-bond donors (Lipinski definition) is 1. The zero-order chi connectivity index (χ0) is 12.8. The van der Waals surface area contributed by atoms with Crippen molar-refractivity contribution in [2.45, 2.75) is 6.92 Å². The van der Waals surface area contributed by atoms with Gasteiger partial charge in [-0.2, -0.15) is 0 Å². The molecule has 0 heterocycles. The van der Waals surface area contributed by atoms with Crippen LogP contribution in [0.4, 0.5) is 5.69 Å². The first-order chi connectivity index (χ1) is 8.04. The van der Waals surface area contributed by atoms with Gasteiger partial charge in [-0.25, -0.2) is 0 Å². The van der Waals surface area contributed by atoms with Crippen molar-refractivity contribution < 1.29 is 9.59 Å². The third-order valence-electron chi connectivity index (χ3n) is 2.35. The second-order valence-electron chi connectivity index (χ2n) is 3.70. The molecule has 0 bridgehead atoms.